The summed E-state index contributed by atoms with van der Waals surface area (Å²) in [5, 5.41) is 0. The summed E-state index contributed by atoms with van der Waals surface area (Å²) in [6.45, 7) is 4.40. The van der Waals surface area contributed by atoms with Crippen molar-refractivity contribution in [1.82, 2.24) is 4.98 Å². The molecule has 0 aliphatic carbocycles. The summed E-state index contributed by atoms with van der Waals surface area (Å²) < 4.78 is 0. The topological polar surface area (TPSA) is 12.9 Å². The molecule has 15 heavy (non-hydrogen) atoms. The molecule has 0 amide bonds. The Balaban J connectivity index is 2.44. The van der Waals surface area contributed by atoms with Gasteiger partial charge in [-0.25, -0.2) is 0 Å². The van der Waals surface area contributed by atoms with Gasteiger partial charge in [-0.1, -0.05) is 50.2 Å². The van der Waals surface area contributed by atoms with Crippen LogP contribution in [0.5, 0.6) is 0 Å². The van der Waals surface area contributed by atoms with Gasteiger partial charge in [0.15, 0.2) is 0 Å². The standard InChI is InChI=1S/C14H15N/c1-14(2,12-8-4-3-5-9-12)13-10-6-7-11-15-13/h3-11H,1-2H3. The maximum atomic E-state index is 4.43. The van der Waals surface area contributed by atoms with Crippen LogP contribution in [-0.4, -0.2) is 4.98 Å². The van der Waals surface area contributed by atoms with Crippen LogP contribution in [0.15, 0.2) is 54.7 Å². The van der Waals surface area contributed by atoms with Crippen molar-refractivity contribution < 1.29 is 0 Å². The van der Waals surface area contributed by atoms with Crippen LogP contribution in [0.1, 0.15) is 25.1 Å². The van der Waals surface area contributed by atoms with E-state index < -0.39 is 0 Å². The van der Waals surface area contributed by atoms with Gasteiger partial charge in [0.2, 0.25) is 0 Å². The van der Waals surface area contributed by atoms with Gasteiger partial charge < -0.3 is 0 Å². The smallest absolute Gasteiger partial charge is 0.0503 e. The number of rotatable bonds is 2. The molecule has 2 rings (SSSR count). The first-order chi connectivity index (χ1) is 7.21. The number of hydrogen-bond donors (Lipinski definition) is 0. The minimum absolute atomic E-state index is 0.0253. The molecule has 0 aliphatic rings. The van der Waals surface area contributed by atoms with Crippen molar-refractivity contribution in [3.05, 3.63) is 66.0 Å². The molecule has 0 unspecified atom stereocenters. The lowest BCUT2D eigenvalue weighted by atomic mass is 9.81. The van der Waals surface area contributed by atoms with Crippen LogP contribution in [0.4, 0.5) is 0 Å². The van der Waals surface area contributed by atoms with E-state index in [1.165, 1.54) is 5.56 Å². The molecule has 0 fully saturated rings. The van der Waals surface area contributed by atoms with E-state index >= 15 is 0 Å². The first kappa shape index (κ1) is 9.91. The fraction of sp³-hybridized carbons (Fsp3) is 0.214. The third kappa shape index (κ3) is 1.91. The summed E-state index contributed by atoms with van der Waals surface area (Å²) >= 11 is 0. The number of benzene rings is 1. The molecule has 0 radical (unpaired) electrons. The third-order valence-corrected chi connectivity index (χ3v) is 2.80. The van der Waals surface area contributed by atoms with Crippen molar-refractivity contribution in [2.75, 3.05) is 0 Å². The Morgan fingerprint density at radius 2 is 1.53 bits per heavy atom. The van der Waals surface area contributed by atoms with Crippen LogP contribution in [0.25, 0.3) is 0 Å². The fourth-order valence-electron chi connectivity index (χ4n) is 1.74. The summed E-state index contributed by atoms with van der Waals surface area (Å²) in [7, 11) is 0. The number of aromatic nitrogens is 1. The minimum Gasteiger partial charge on any atom is -0.260 e. The Hall–Kier alpha value is -1.63. The second kappa shape index (κ2) is 3.85. The Kier molecular flexibility index (Phi) is 2.55. The van der Waals surface area contributed by atoms with Gasteiger partial charge in [0.1, 0.15) is 0 Å². The number of pyridine rings is 1. The average Bonchev–Trinajstić information content (AvgIpc) is 2.31. The summed E-state index contributed by atoms with van der Waals surface area (Å²) in [5.74, 6) is 0. The highest BCUT2D eigenvalue weighted by Gasteiger charge is 2.23. The SMILES string of the molecule is CC(C)(c1ccccc1)c1ccccn1. The quantitative estimate of drug-likeness (QED) is 0.719. The van der Waals surface area contributed by atoms with Crippen molar-refractivity contribution in [3.8, 4) is 0 Å². The lowest BCUT2D eigenvalue weighted by Gasteiger charge is -2.24. The third-order valence-electron chi connectivity index (χ3n) is 2.80. The van der Waals surface area contributed by atoms with Crippen LogP contribution in [0, 0.1) is 0 Å². The van der Waals surface area contributed by atoms with Crippen LogP contribution in [0.3, 0.4) is 0 Å². The molecule has 1 nitrogen and oxygen atoms in total. The van der Waals surface area contributed by atoms with Crippen LogP contribution < -0.4 is 0 Å². The highest BCUT2D eigenvalue weighted by molar-refractivity contribution is 5.33. The zero-order chi connectivity index (χ0) is 10.7. The molecule has 0 saturated carbocycles. The maximum Gasteiger partial charge on any atom is 0.0503 e. The Labute approximate surface area is 90.8 Å². The van der Waals surface area contributed by atoms with Crippen LogP contribution in [0.2, 0.25) is 0 Å². The molecule has 0 spiro atoms. The molecule has 1 heterocycles. The van der Waals surface area contributed by atoms with Gasteiger partial charge in [0, 0.05) is 11.6 Å². The first-order valence-corrected chi connectivity index (χ1v) is 5.18. The maximum absolute atomic E-state index is 4.43. The molecule has 0 N–H and O–H groups in total. The van der Waals surface area contributed by atoms with Crippen molar-refractivity contribution in [1.29, 1.82) is 0 Å². The van der Waals surface area contributed by atoms with E-state index in [0.717, 1.165) is 5.69 Å². The van der Waals surface area contributed by atoms with Gasteiger partial charge in [-0.2, -0.15) is 0 Å². The summed E-state index contributed by atoms with van der Waals surface area (Å²) in [4.78, 5) is 4.43. The molecule has 0 bridgehead atoms. The molecule has 2 aromatic rings. The largest absolute Gasteiger partial charge is 0.260 e. The summed E-state index contributed by atoms with van der Waals surface area (Å²) in [6, 6.07) is 16.5. The fourth-order valence-corrected chi connectivity index (χ4v) is 1.74. The Morgan fingerprint density at radius 3 is 2.13 bits per heavy atom. The van der Waals surface area contributed by atoms with E-state index in [0.29, 0.717) is 0 Å². The number of hydrogen-bond acceptors (Lipinski definition) is 1. The Morgan fingerprint density at radius 1 is 0.867 bits per heavy atom. The molecule has 1 aromatic heterocycles. The van der Waals surface area contributed by atoms with E-state index in [9.17, 15) is 0 Å². The lowest BCUT2D eigenvalue weighted by molar-refractivity contribution is 0.617. The van der Waals surface area contributed by atoms with E-state index in [-0.39, 0.29) is 5.41 Å². The number of nitrogens with zero attached hydrogens (tertiary/aromatic N) is 1. The highest BCUT2D eigenvalue weighted by Crippen LogP contribution is 2.29. The zero-order valence-electron chi connectivity index (χ0n) is 9.14. The van der Waals surface area contributed by atoms with Crippen molar-refractivity contribution in [2.24, 2.45) is 0 Å². The van der Waals surface area contributed by atoms with E-state index in [2.05, 4.69) is 49.2 Å². The average molecular weight is 197 g/mol. The van der Waals surface area contributed by atoms with Crippen LogP contribution in [-0.2, 0) is 5.41 Å². The monoisotopic (exact) mass is 197 g/mol. The molecular weight excluding hydrogens is 182 g/mol. The van der Waals surface area contributed by atoms with Crippen LogP contribution >= 0.6 is 0 Å². The van der Waals surface area contributed by atoms with Gasteiger partial charge in [-0.3, -0.25) is 4.98 Å². The Bertz CT molecular complexity index is 376. The lowest BCUT2D eigenvalue weighted by Crippen LogP contribution is -2.20. The van der Waals surface area contributed by atoms with Gasteiger partial charge in [-0.05, 0) is 17.7 Å². The van der Waals surface area contributed by atoms with Gasteiger partial charge in [-0.15, -0.1) is 0 Å². The summed E-state index contributed by atoms with van der Waals surface area (Å²) in [6.07, 6.45) is 1.85. The van der Waals surface area contributed by atoms with Gasteiger partial charge in [0.25, 0.3) is 0 Å². The predicted molar refractivity (Wildman–Crippen MR) is 62.8 cm³/mol. The normalized spacial score (nSPS) is 11.3. The van der Waals surface area contributed by atoms with E-state index in [1.807, 2.05) is 24.4 Å². The molecule has 0 aliphatic heterocycles. The molecule has 0 atom stereocenters. The molecule has 76 valence electrons. The molecule has 0 saturated heterocycles. The van der Waals surface area contributed by atoms with Crippen molar-refractivity contribution in [2.45, 2.75) is 19.3 Å². The van der Waals surface area contributed by atoms with Gasteiger partial charge in [0.05, 0.1) is 5.69 Å². The van der Waals surface area contributed by atoms with Crippen molar-refractivity contribution >= 4 is 0 Å². The van der Waals surface area contributed by atoms with Crippen molar-refractivity contribution in [3.63, 3.8) is 0 Å². The van der Waals surface area contributed by atoms with E-state index in [4.69, 9.17) is 0 Å². The second-order valence-corrected chi connectivity index (χ2v) is 4.21. The second-order valence-electron chi connectivity index (χ2n) is 4.21. The minimum atomic E-state index is -0.0253. The van der Waals surface area contributed by atoms with E-state index in [1.54, 1.807) is 0 Å². The molecule has 1 heteroatoms. The predicted octanol–water partition coefficient (Wildman–Crippen LogP) is 3.41. The summed E-state index contributed by atoms with van der Waals surface area (Å²) in [5.41, 5.74) is 2.38. The first-order valence-electron chi connectivity index (χ1n) is 5.18. The highest BCUT2D eigenvalue weighted by atomic mass is 14.7. The molecular formula is C14H15N. The van der Waals surface area contributed by atoms with Gasteiger partial charge >= 0.3 is 0 Å². The molecule has 1 aromatic carbocycles. The zero-order valence-corrected chi connectivity index (χ0v) is 9.14.